The molecule has 0 aliphatic heterocycles. The standard InChI is InChI=1S/C12H15ClFNO4S/c1-4-15(12(2,3)11(16)17)20(18,19)8-5-6-10(14)9(13)7-8/h5-7H,4H2,1-3H3,(H,16,17). The maximum absolute atomic E-state index is 13.1. The highest BCUT2D eigenvalue weighted by Gasteiger charge is 2.41. The Balaban J connectivity index is 3.39. The van der Waals surface area contributed by atoms with Crippen molar-refractivity contribution in [2.75, 3.05) is 6.54 Å². The van der Waals surface area contributed by atoms with Gasteiger partial charge in [-0.3, -0.25) is 4.79 Å². The maximum atomic E-state index is 13.1. The number of nitrogens with zero attached hydrogens (tertiary/aromatic N) is 1. The summed E-state index contributed by atoms with van der Waals surface area (Å²) < 4.78 is 38.8. The lowest BCUT2D eigenvalue weighted by Gasteiger charge is -2.33. The van der Waals surface area contributed by atoms with Crippen LogP contribution in [0.25, 0.3) is 0 Å². The van der Waals surface area contributed by atoms with Crippen molar-refractivity contribution in [2.45, 2.75) is 31.2 Å². The van der Waals surface area contributed by atoms with E-state index in [0.717, 1.165) is 22.5 Å². The Kier molecular flexibility index (Phi) is 4.78. The molecule has 1 aromatic carbocycles. The average Bonchev–Trinajstić information content (AvgIpc) is 2.32. The van der Waals surface area contributed by atoms with Gasteiger partial charge < -0.3 is 5.11 Å². The Labute approximate surface area is 122 Å². The number of sulfonamides is 1. The third kappa shape index (κ3) is 2.94. The van der Waals surface area contributed by atoms with E-state index in [2.05, 4.69) is 0 Å². The largest absolute Gasteiger partial charge is 0.480 e. The van der Waals surface area contributed by atoms with Crippen molar-refractivity contribution in [1.29, 1.82) is 0 Å². The summed E-state index contributed by atoms with van der Waals surface area (Å²) >= 11 is 5.57. The molecule has 0 unspecified atom stereocenters. The van der Waals surface area contributed by atoms with Crippen molar-refractivity contribution in [2.24, 2.45) is 0 Å². The zero-order valence-electron chi connectivity index (χ0n) is 11.2. The van der Waals surface area contributed by atoms with Gasteiger partial charge in [-0.15, -0.1) is 0 Å². The summed E-state index contributed by atoms with van der Waals surface area (Å²) in [6.07, 6.45) is 0. The highest BCUT2D eigenvalue weighted by Crippen LogP contribution is 2.27. The van der Waals surface area contributed by atoms with Gasteiger partial charge in [0, 0.05) is 6.54 Å². The monoisotopic (exact) mass is 323 g/mol. The van der Waals surface area contributed by atoms with E-state index in [1.54, 1.807) is 0 Å². The van der Waals surface area contributed by atoms with Crippen LogP contribution in [0.2, 0.25) is 5.02 Å². The second-order valence-corrected chi connectivity index (χ2v) is 6.88. The van der Waals surface area contributed by atoms with Gasteiger partial charge in [0.15, 0.2) is 0 Å². The number of carboxylic acids is 1. The first kappa shape index (κ1) is 16.9. The van der Waals surface area contributed by atoms with Crippen LogP contribution in [-0.4, -0.2) is 35.9 Å². The minimum Gasteiger partial charge on any atom is -0.480 e. The summed E-state index contributed by atoms with van der Waals surface area (Å²) in [6, 6.07) is 2.95. The summed E-state index contributed by atoms with van der Waals surface area (Å²) in [6.45, 7) is 4.03. The predicted octanol–water partition coefficient (Wildman–Crippen LogP) is 2.35. The SMILES string of the molecule is CCN(C(C)(C)C(=O)O)S(=O)(=O)c1ccc(F)c(Cl)c1. The first-order valence-electron chi connectivity index (χ1n) is 5.76. The second kappa shape index (κ2) is 5.67. The van der Waals surface area contributed by atoms with Crippen molar-refractivity contribution < 1.29 is 22.7 Å². The molecule has 5 nitrogen and oxygen atoms in total. The van der Waals surface area contributed by atoms with E-state index in [4.69, 9.17) is 16.7 Å². The Morgan fingerprint density at radius 3 is 2.40 bits per heavy atom. The van der Waals surface area contributed by atoms with Gasteiger partial charge in [-0.1, -0.05) is 18.5 Å². The van der Waals surface area contributed by atoms with Crippen LogP contribution in [0.4, 0.5) is 4.39 Å². The van der Waals surface area contributed by atoms with E-state index in [1.807, 2.05) is 0 Å². The predicted molar refractivity (Wildman–Crippen MR) is 72.7 cm³/mol. The van der Waals surface area contributed by atoms with Crippen molar-refractivity contribution in [1.82, 2.24) is 4.31 Å². The Morgan fingerprint density at radius 1 is 1.45 bits per heavy atom. The zero-order valence-corrected chi connectivity index (χ0v) is 12.8. The van der Waals surface area contributed by atoms with Crippen molar-refractivity contribution >= 4 is 27.6 Å². The molecular formula is C12H15ClFNO4S. The molecule has 20 heavy (non-hydrogen) atoms. The lowest BCUT2D eigenvalue weighted by molar-refractivity contribution is -0.146. The molecular weight excluding hydrogens is 309 g/mol. The smallest absolute Gasteiger partial charge is 0.324 e. The molecule has 0 amide bonds. The van der Waals surface area contributed by atoms with E-state index in [9.17, 15) is 17.6 Å². The fourth-order valence-corrected chi connectivity index (χ4v) is 3.76. The minimum atomic E-state index is -4.09. The molecule has 0 fully saturated rings. The van der Waals surface area contributed by atoms with E-state index in [0.29, 0.717) is 0 Å². The Hall–Kier alpha value is -1.18. The molecule has 8 heteroatoms. The van der Waals surface area contributed by atoms with Crippen molar-refractivity contribution in [3.05, 3.63) is 29.0 Å². The molecule has 0 heterocycles. The highest BCUT2D eigenvalue weighted by molar-refractivity contribution is 7.89. The zero-order chi connectivity index (χ0) is 15.7. The third-order valence-electron chi connectivity index (χ3n) is 2.91. The van der Waals surface area contributed by atoms with Crippen LogP contribution in [0.5, 0.6) is 0 Å². The van der Waals surface area contributed by atoms with Crippen molar-refractivity contribution in [3.63, 3.8) is 0 Å². The fourth-order valence-electron chi connectivity index (χ4n) is 1.74. The molecule has 1 N–H and O–H groups in total. The number of carbonyl (C=O) groups is 1. The Morgan fingerprint density at radius 2 is 2.00 bits per heavy atom. The summed E-state index contributed by atoms with van der Waals surface area (Å²) in [5, 5.41) is 8.82. The number of rotatable bonds is 5. The van der Waals surface area contributed by atoms with E-state index in [1.165, 1.54) is 20.8 Å². The average molecular weight is 324 g/mol. The first-order valence-corrected chi connectivity index (χ1v) is 7.58. The third-order valence-corrected chi connectivity index (χ3v) is 5.35. The number of hydrogen-bond donors (Lipinski definition) is 1. The second-order valence-electron chi connectivity index (χ2n) is 4.61. The number of likely N-dealkylation sites (N-methyl/N-ethyl adjacent to an activating group) is 1. The van der Waals surface area contributed by atoms with E-state index >= 15 is 0 Å². The van der Waals surface area contributed by atoms with E-state index < -0.39 is 27.3 Å². The number of carboxylic acid groups (broad SMARTS) is 1. The Bertz CT molecular complexity index is 630. The number of halogens is 2. The number of benzene rings is 1. The molecule has 1 aromatic rings. The van der Waals surface area contributed by atoms with Crippen LogP contribution in [0.15, 0.2) is 23.1 Å². The van der Waals surface area contributed by atoms with Gasteiger partial charge in [-0.05, 0) is 32.0 Å². The van der Waals surface area contributed by atoms with Crippen LogP contribution in [0, 0.1) is 5.82 Å². The van der Waals surface area contributed by atoms with Crippen LogP contribution in [0.1, 0.15) is 20.8 Å². The lowest BCUT2D eigenvalue weighted by Crippen LogP contribution is -2.52. The quantitative estimate of drug-likeness (QED) is 0.902. The van der Waals surface area contributed by atoms with Gasteiger partial charge in [0.05, 0.1) is 9.92 Å². The molecule has 112 valence electrons. The van der Waals surface area contributed by atoms with Gasteiger partial charge in [0.25, 0.3) is 0 Å². The van der Waals surface area contributed by atoms with Crippen LogP contribution >= 0.6 is 11.6 Å². The minimum absolute atomic E-state index is 0.0450. The highest BCUT2D eigenvalue weighted by atomic mass is 35.5. The topological polar surface area (TPSA) is 74.7 Å². The van der Waals surface area contributed by atoms with Gasteiger partial charge >= 0.3 is 5.97 Å². The molecule has 0 spiro atoms. The van der Waals surface area contributed by atoms with Gasteiger partial charge in [0.2, 0.25) is 10.0 Å². The van der Waals surface area contributed by atoms with Crippen LogP contribution in [0.3, 0.4) is 0 Å². The first-order chi connectivity index (χ1) is 9.05. The number of hydrogen-bond acceptors (Lipinski definition) is 3. The summed E-state index contributed by atoms with van der Waals surface area (Å²) in [5.41, 5.74) is -1.63. The summed E-state index contributed by atoms with van der Waals surface area (Å²) in [5.74, 6) is -2.03. The lowest BCUT2D eigenvalue weighted by atomic mass is 10.1. The van der Waals surface area contributed by atoms with Gasteiger partial charge in [0.1, 0.15) is 11.4 Å². The van der Waals surface area contributed by atoms with Gasteiger partial charge in [-0.2, -0.15) is 4.31 Å². The summed E-state index contributed by atoms with van der Waals surface area (Å²) in [4.78, 5) is 11.0. The molecule has 0 atom stereocenters. The molecule has 0 aromatic heterocycles. The molecule has 0 saturated heterocycles. The van der Waals surface area contributed by atoms with E-state index in [-0.39, 0.29) is 16.5 Å². The van der Waals surface area contributed by atoms with Crippen LogP contribution in [-0.2, 0) is 14.8 Å². The van der Waals surface area contributed by atoms with Gasteiger partial charge in [-0.25, -0.2) is 12.8 Å². The molecule has 0 bridgehead atoms. The maximum Gasteiger partial charge on any atom is 0.324 e. The molecule has 0 aliphatic carbocycles. The summed E-state index contributed by atoms with van der Waals surface area (Å²) in [7, 11) is -4.09. The fraction of sp³-hybridized carbons (Fsp3) is 0.417. The number of aliphatic carboxylic acids is 1. The molecule has 0 aliphatic rings. The molecule has 1 rings (SSSR count). The van der Waals surface area contributed by atoms with Crippen molar-refractivity contribution in [3.8, 4) is 0 Å². The normalized spacial score (nSPS) is 12.7. The molecule has 0 saturated carbocycles. The van der Waals surface area contributed by atoms with Crippen LogP contribution < -0.4 is 0 Å². The molecule has 0 radical (unpaired) electrons.